The molecule has 7 nitrogen and oxygen atoms in total. The van der Waals surface area contributed by atoms with Crippen LogP contribution in [0.3, 0.4) is 0 Å². The number of nitrogens with two attached hydrogens (primary N) is 1. The van der Waals surface area contributed by atoms with Crippen LogP contribution in [-0.2, 0) is 14.4 Å². The first kappa shape index (κ1) is 28.7. The first-order valence-electron chi connectivity index (χ1n) is 11.5. The quantitative estimate of drug-likeness (QED) is 0.410. The maximum Gasteiger partial charge on any atom is 0.389 e. The second kappa shape index (κ2) is 11.7. The molecule has 0 aliphatic carbocycles. The van der Waals surface area contributed by atoms with Crippen LogP contribution in [-0.4, -0.2) is 42.0 Å². The minimum Gasteiger partial charge on any atom is -0.369 e. The van der Waals surface area contributed by atoms with Crippen LogP contribution in [0.2, 0.25) is 0 Å². The highest BCUT2D eigenvalue weighted by Crippen LogP contribution is 2.33. The summed E-state index contributed by atoms with van der Waals surface area (Å²) in [6.45, 7) is 0. The predicted molar refractivity (Wildman–Crippen MR) is 126 cm³/mol. The lowest BCUT2D eigenvalue weighted by molar-refractivity contribution is -0.152. The van der Waals surface area contributed by atoms with Crippen molar-refractivity contribution >= 4 is 29.1 Å². The summed E-state index contributed by atoms with van der Waals surface area (Å²) in [5.74, 6) is -7.18. The van der Waals surface area contributed by atoms with Crippen LogP contribution in [0.15, 0.2) is 59.6 Å². The molecule has 2 aromatic carbocycles. The van der Waals surface area contributed by atoms with Gasteiger partial charge in [-0.15, -0.1) is 0 Å². The number of amides is 3. The lowest BCUT2D eigenvalue weighted by Gasteiger charge is -2.26. The molecule has 0 aromatic heterocycles. The summed E-state index contributed by atoms with van der Waals surface area (Å²) >= 11 is 0. The van der Waals surface area contributed by atoms with Gasteiger partial charge in [0.2, 0.25) is 18.0 Å². The number of hydrogen-bond donors (Lipinski definition) is 3. The zero-order valence-electron chi connectivity index (χ0n) is 19.8. The molecule has 1 aliphatic rings. The summed E-state index contributed by atoms with van der Waals surface area (Å²) < 4.78 is 77.4. The van der Waals surface area contributed by atoms with E-state index in [0.717, 1.165) is 0 Å². The molecular weight excluding hydrogens is 518 g/mol. The Morgan fingerprint density at radius 1 is 0.895 bits per heavy atom. The number of benzene rings is 2. The zero-order valence-corrected chi connectivity index (χ0v) is 19.8. The van der Waals surface area contributed by atoms with Gasteiger partial charge in [-0.05, 0) is 18.9 Å². The van der Waals surface area contributed by atoms with E-state index in [1.807, 2.05) is 0 Å². The van der Waals surface area contributed by atoms with Gasteiger partial charge in [0, 0.05) is 35.8 Å². The van der Waals surface area contributed by atoms with Crippen molar-refractivity contribution in [3.8, 4) is 0 Å². The second-order valence-corrected chi connectivity index (χ2v) is 8.71. The number of para-hydroxylation sites is 1. The van der Waals surface area contributed by atoms with E-state index in [0.29, 0.717) is 16.8 Å². The minimum atomic E-state index is -4.76. The molecule has 1 heterocycles. The molecule has 1 aliphatic heterocycles. The lowest BCUT2D eigenvalue weighted by Crippen LogP contribution is -2.48. The molecule has 4 N–H and O–H groups in total. The third-order valence-corrected chi connectivity index (χ3v) is 5.94. The zero-order chi connectivity index (χ0) is 28.1. The maximum atomic E-state index is 13.2. The van der Waals surface area contributed by atoms with Crippen molar-refractivity contribution < 1.29 is 40.7 Å². The molecule has 3 rings (SSSR count). The smallest absolute Gasteiger partial charge is 0.369 e. The molecule has 0 bridgehead atoms. The molecule has 3 atom stereocenters. The summed E-state index contributed by atoms with van der Waals surface area (Å²) in [5, 5.41) is 4.80. The number of primary amides is 1. The normalized spacial score (nSPS) is 17.4. The predicted octanol–water partition coefficient (Wildman–Crippen LogP) is 4.32. The Morgan fingerprint density at radius 2 is 1.45 bits per heavy atom. The van der Waals surface area contributed by atoms with Crippen LogP contribution in [0.4, 0.5) is 32.0 Å². The Bertz CT molecular complexity index is 1200. The Labute approximate surface area is 213 Å². The SMILES string of the molecule is NC(=O)[C@@H](CCC(F)(F)F)[C@@H](CCC(F)(F)F)C(=O)NC1N=C(c2ccccc2)c2ccccc2NC1=O. The molecule has 0 radical (unpaired) electrons. The second-order valence-electron chi connectivity index (χ2n) is 8.71. The van der Waals surface area contributed by atoms with E-state index in [2.05, 4.69) is 15.6 Å². The Morgan fingerprint density at radius 3 is 2.03 bits per heavy atom. The van der Waals surface area contributed by atoms with E-state index in [1.54, 1.807) is 54.6 Å². The molecular formula is C25H24F6N4O3. The van der Waals surface area contributed by atoms with Crippen molar-refractivity contribution in [3.05, 3.63) is 65.7 Å². The van der Waals surface area contributed by atoms with Gasteiger partial charge in [0.25, 0.3) is 5.91 Å². The Hall–Kier alpha value is -3.90. The van der Waals surface area contributed by atoms with Crippen molar-refractivity contribution in [2.45, 2.75) is 44.2 Å². The van der Waals surface area contributed by atoms with Crippen molar-refractivity contribution in [2.24, 2.45) is 22.6 Å². The fourth-order valence-electron chi connectivity index (χ4n) is 4.12. The molecule has 3 amide bonds. The minimum absolute atomic E-state index is 0.278. The lowest BCUT2D eigenvalue weighted by atomic mass is 9.83. The van der Waals surface area contributed by atoms with Gasteiger partial charge in [-0.3, -0.25) is 14.4 Å². The first-order valence-corrected chi connectivity index (χ1v) is 11.5. The number of carbonyl (C=O) groups excluding carboxylic acids is 3. The molecule has 0 spiro atoms. The van der Waals surface area contributed by atoms with E-state index in [4.69, 9.17) is 5.73 Å². The van der Waals surface area contributed by atoms with Crippen LogP contribution in [0.25, 0.3) is 0 Å². The van der Waals surface area contributed by atoms with Gasteiger partial charge in [0.1, 0.15) is 0 Å². The summed E-state index contributed by atoms with van der Waals surface area (Å²) in [4.78, 5) is 42.4. The van der Waals surface area contributed by atoms with Gasteiger partial charge >= 0.3 is 12.4 Å². The van der Waals surface area contributed by atoms with Crippen LogP contribution in [0.1, 0.15) is 36.8 Å². The fourth-order valence-corrected chi connectivity index (χ4v) is 4.12. The van der Waals surface area contributed by atoms with Gasteiger partial charge < -0.3 is 16.4 Å². The summed E-state index contributed by atoms with van der Waals surface area (Å²) in [6, 6.07) is 15.1. The van der Waals surface area contributed by atoms with E-state index < -0.39 is 73.8 Å². The number of nitrogens with one attached hydrogen (secondary N) is 2. The first-order chi connectivity index (χ1) is 17.7. The topological polar surface area (TPSA) is 114 Å². The van der Waals surface area contributed by atoms with Crippen LogP contribution in [0, 0.1) is 11.8 Å². The molecule has 1 unspecified atom stereocenters. The highest BCUT2D eigenvalue weighted by molar-refractivity contribution is 6.19. The fraction of sp³-hybridized carbons (Fsp3) is 0.360. The van der Waals surface area contributed by atoms with Crippen molar-refractivity contribution in [2.75, 3.05) is 5.32 Å². The van der Waals surface area contributed by atoms with Crippen LogP contribution >= 0.6 is 0 Å². The largest absolute Gasteiger partial charge is 0.389 e. The maximum absolute atomic E-state index is 13.2. The monoisotopic (exact) mass is 542 g/mol. The molecule has 0 saturated carbocycles. The van der Waals surface area contributed by atoms with E-state index >= 15 is 0 Å². The summed E-state index contributed by atoms with van der Waals surface area (Å²) in [7, 11) is 0. The van der Waals surface area contributed by atoms with Gasteiger partial charge in [-0.1, -0.05) is 48.5 Å². The van der Waals surface area contributed by atoms with Gasteiger partial charge in [-0.25, -0.2) is 4.99 Å². The number of aliphatic imine (C=N–C) groups is 1. The summed E-state index contributed by atoms with van der Waals surface area (Å²) in [6.07, 6.45) is -16.2. The number of hydrogen-bond acceptors (Lipinski definition) is 4. The number of alkyl halides is 6. The number of anilines is 1. The molecule has 0 fully saturated rings. The molecule has 2 aromatic rings. The number of benzodiazepines with no additional fused rings is 1. The molecule has 204 valence electrons. The number of halogens is 6. The van der Waals surface area contributed by atoms with Gasteiger partial charge in [0.05, 0.1) is 11.4 Å². The Balaban J connectivity index is 1.96. The van der Waals surface area contributed by atoms with Crippen molar-refractivity contribution in [3.63, 3.8) is 0 Å². The molecule has 0 saturated heterocycles. The molecule has 38 heavy (non-hydrogen) atoms. The number of fused-ring (bicyclic) bond motifs is 1. The average molecular weight is 542 g/mol. The highest BCUT2D eigenvalue weighted by atomic mass is 19.4. The van der Waals surface area contributed by atoms with Gasteiger partial charge in [-0.2, -0.15) is 26.3 Å². The average Bonchev–Trinajstić information content (AvgIpc) is 2.96. The Kier molecular flexibility index (Phi) is 8.79. The summed E-state index contributed by atoms with van der Waals surface area (Å²) in [5.41, 5.74) is 6.90. The van der Waals surface area contributed by atoms with Crippen molar-refractivity contribution in [1.82, 2.24) is 5.32 Å². The molecule has 13 heteroatoms. The van der Waals surface area contributed by atoms with E-state index in [-0.39, 0.29) is 5.71 Å². The third-order valence-electron chi connectivity index (χ3n) is 5.94. The number of rotatable bonds is 9. The number of nitrogens with zero attached hydrogens (tertiary/aromatic N) is 1. The number of carbonyl (C=O) groups is 3. The van der Waals surface area contributed by atoms with E-state index in [9.17, 15) is 40.7 Å². The standard InChI is InChI=1S/C25H24F6N4O3/c26-24(27,28)12-10-15(20(32)36)16(11-13-25(29,30)31)22(37)35-21-23(38)33-18-9-5-4-8-17(18)19(34-21)14-6-2-1-3-7-14/h1-9,15-16,21H,10-13H2,(H2,32,36)(H,33,38)(H,35,37)/t15-,16+,21?/m0/s1. The van der Waals surface area contributed by atoms with Gasteiger partial charge in [0.15, 0.2) is 0 Å². The highest BCUT2D eigenvalue weighted by Gasteiger charge is 2.40. The van der Waals surface area contributed by atoms with E-state index in [1.165, 1.54) is 0 Å². The van der Waals surface area contributed by atoms with Crippen LogP contribution < -0.4 is 16.4 Å². The third kappa shape index (κ3) is 7.80. The van der Waals surface area contributed by atoms with Crippen LogP contribution in [0.5, 0.6) is 0 Å². The van der Waals surface area contributed by atoms with Crippen molar-refractivity contribution in [1.29, 1.82) is 0 Å².